The number of allylic oxidation sites excluding steroid dienone is 1. The molecular formula is C24H22N2O2. The zero-order valence-corrected chi connectivity index (χ0v) is 15.7. The maximum atomic E-state index is 13.0. The number of hydrogen-bond acceptors (Lipinski definition) is 3. The van der Waals surface area contributed by atoms with Crippen molar-refractivity contribution in [2.45, 2.75) is 12.5 Å². The Morgan fingerprint density at radius 2 is 1.82 bits per heavy atom. The van der Waals surface area contributed by atoms with Crippen LogP contribution < -0.4 is 9.64 Å². The topological polar surface area (TPSA) is 42.4 Å². The highest BCUT2D eigenvalue weighted by Crippen LogP contribution is 2.45. The third kappa shape index (κ3) is 3.54. The van der Waals surface area contributed by atoms with Crippen LogP contribution in [0.25, 0.3) is 6.08 Å². The number of benzene rings is 2. The van der Waals surface area contributed by atoms with E-state index in [4.69, 9.17) is 4.74 Å². The highest BCUT2D eigenvalue weighted by Gasteiger charge is 2.47. The third-order valence-corrected chi connectivity index (χ3v) is 5.09. The molecule has 0 unspecified atom stereocenters. The molecule has 4 nitrogen and oxygen atoms in total. The van der Waals surface area contributed by atoms with E-state index in [1.54, 1.807) is 13.3 Å². The molecule has 0 aliphatic carbocycles. The number of hydrogen-bond donors (Lipinski definition) is 0. The number of anilines is 1. The van der Waals surface area contributed by atoms with Crippen molar-refractivity contribution >= 4 is 17.7 Å². The number of β-lactam (4-membered cyclic amide) rings is 1. The molecule has 0 spiro atoms. The summed E-state index contributed by atoms with van der Waals surface area (Å²) in [6.07, 6.45) is 8.35. The number of aromatic nitrogens is 1. The van der Waals surface area contributed by atoms with Gasteiger partial charge in [0, 0.05) is 18.1 Å². The number of para-hydroxylation sites is 1. The Balaban J connectivity index is 1.59. The lowest BCUT2D eigenvalue weighted by molar-refractivity contribution is -0.130. The molecule has 1 aromatic heterocycles. The molecule has 3 aromatic rings. The average molecular weight is 370 g/mol. The lowest BCUT2D eigenvalue weighted by atomic mass is 9.79. The quantitative estimate of drug-likeness (QED) is 0.580. The first-order valence-electron chi connectivity index (χ1n) is 9.36. The summed E-state index contributed by atoms with van der Waals surface area (Å²) in [6.45, 7) is 0. The van der Waals surface area contributed by atoms with Gasteiger partial charge in [0.25, 0.3) is 0 Å². The van der Waals surface area contributed by atoms with Gasteiger partial charge in [0.15, 0.2) is 0 Å². The zero-order chi connectivity index (χ0) is 19.3. The first-order valence-corrected chi connectivity index (χ1v) is 9.36. The number of pyridine rings is 1. The van der Waals surface area contributed by atoms with Crippen molar-refractivity contribution in [3.8, 4) is 5.75 Å². The van der Waals surface area contributed by atoms with E-state index in [1.807, 2.05) is 83.9 Å². The average Bonchev–Trinajstić information content (AvgIpc) is 2.76. The fourth-order valence-electron chi connectivity index (χ4n) is 3.66. The fourth-order valence-corrected chi connectivity index (χ4v) is 3.66. The minimum atomic E-state index is -0.0819. The van der Waals surface area contributed by atoms with Gasteiger partial charge in [-0.3, -0.25) is 9.78 Å². The van der Waals surface area contributed by atoms with Gasteiger partial charge < -0.3 is 9.64 Å². The summed E-state index contributed by atoms with van der Waals surface area (Å²) in [7, 11) is 1.66. The largest absolute Gasteiger partial charge is 0.497 e. The van der Waals surface area contributed by atoms with Crippen LogP contribution in [-0.2, 0) is 4.79 Å². The molecular weight excluding hydrogens is 348 g/mol. The normalized spacial score (nSPS) is 18.9. The fraction of sp³-hybridized carbons (Fsp3) is 0.167. The summed E-state index contributed by atoms with van der Waals surface area (Å²) in [5.41, 5.74) is 3.08. The molecule has 1 aliphatic rings. The predicted octanol–water partition coefficient (Wildman–Crippen LogP) is 4.90. The van der Waals surface area contributed by atoms with Crippen molar-refractivity contribution in [1.29, 1.82) is 0 Å². The summed E-state index contributed by atoms with van der Waals surface area (Å²) in [6, 6.07) is 21.8. The first kappa shape index (κ1) is 18.0. The Morgan fingerprint density at radius 1 is 1.04 bits per heavy atom. The highest BCUT2D eigenvalue weighted by molar-refractivity contribution is 6.03. The van der Waals surface area contributed by atoms with Gasteiger partial charge in [-0.05, 0) is 47.9 Å². The number of methoxy groups -OCH3 is 1. The molecule has 2 aromatic carbocycles. The van der Waals surface area contributed by atoms with Crippen LogP contribution >= 0.6 is 0 Å². The third-order valence-electron chi connectivity index (χ3n) is 5.09. The van der Waals surface area contributed by atoms with Crippen molar-refractivity contribution in [3.63, 3.8) is 0 Å². The second-order valence-corrected chi connectivity index (χ2v) is 6.79. The van der Waals surface area contributed by atoms with Crippen molar-refractivity contribution in [1.82, 2.24) is 4.98 Å². The van der Waals surface area contributed by atoms with Gasteiger partial charge in [-0.25, -0.2) is 0 Å². The molecule has 1 amide bonds. The Kier molecular flexibility index (Phi) is 5.20. The molecule has 2 atom stereocenters. The number of carbonyl (C=O) groups excluding carboxylic acids is 1. The number of amides is 1. The molecule has 1 fully saturated rings. The van der Waals surface area contributed by atoms with Crippen LogP contribution in [0.2, 0.25) is 0 Å². The van der Waals surface area contributed by atoms with E-state index in [0.717, 1.165) is 22.6 Å². The van der Waals surface area contributed by atoms with Gasteiger partial charge in [-0.1, -0.05) is 48.6 Å². The van der Waals surface area contributed by atoms with Crippen LogP contribution in [0, 0.1) is 5.92 Å². The number of ether oxygens (including phenoxy) is 1. The SMILES string of the molecule is COc1ccc([C@@H]2[C@@H](C/C=C/c3cccnc3)C(=O)N2c2ccccc2)cc1. The van der Waals surface area contributed by atoms with Crippen LogP contribution in [0.15, 0.2) is 85.2 Å². The van der Waals surface area contributed by atoms with Crippen molar-refractivity contribution in [3.05, 3.63) is 96.3 Å². The monoisotopic (exact) mass is 370 g/mol. The number of carbonyl (C=O) groups is 1. The van der Waals surface area contributed by atoms with Crippen molar-refractivity contribution < 1.29 is 9.53 Å². The molecule has 28 heavy (non-hydrogen) atoms. The second-order valence-electron chi connectivity index (χ2n) is 6.79. The Bertz CT molecular complexity index is 953. The predicted molar refractivity (Wildman–Crippen MR) is 111 cm³/mol. The zero-order valence-electron chi connectivity index (χ0n) is 15.7. The van der Waals surface area contributed by atoms with Crippen LogP contribution in [0.5, 0.6) is 5.75 Å². The van der Waals surface area contributed by atoms with E-state index in [2.05, 4.69) is 11.1 Å². The van der Waals surface area contributed by atoms with Gasteiger partial charge in [-0.15, -0.1) is 0 Å². The number of rotatable bonds is 6. The van der Waals surface area contributed by atoms with Gasteiger partial charge >= 0.3 is 0 Å². The Hall–Kier alpha value is -3.40. The molecule has 4 rings (SSSR count). The Morgan fingerprint density at radius 3 is 2.50 bits per heavy atom. The van der Waals surface area contributed by atoms with E-state index in [9.17, 15) is 4.79 Å². The van der Waals surface area contributed by atoms with Crippen molar-refractivity contribution in [2.75, 3.05) is 12.0 Å². The number of nitrogens with zero attached hydrogens (tertiary/aromatic N) is 2. The van der Waals surface area contributed by atoms with Crippen molar-refractivity contribution in [2.24, 2.45) is 5.92 Å². The van der Waals surface area contributed by atoms with Gasteiger partial charge in [0.1, 0.15) is 5.75 Å². The van der Waals surface area contributed by atoms with E-state index in [0.29, 0.717) is 6.42 Å². The molecule has 1 aliphatic heterocycles. The molecule has 0 saturated carbocycles. The molecule has 140 valence electrons. The van der Waals surface area contributed by atoms with Gasteiger partial charge in [-0.2, -0.15) is 0 Å². The highest BCUT2D eigenvalue weighted by atomic mass is 16.5. The summed E-state index contributed by atoms with van der Waals surface area (Å²) in [5, 5.41) is 0. The van der Waals surface area contributed by atoms with E-state index in [-0.39, 0.29) is 17.9 Å². The molecule has 0 radical (unpaired) electrons. The van der Waals surface area contributed by atoms with Crippen LogP contribution in [0.1, 0.15) is 23.6 Å². The summed E-state index contributed by atoms with van der Waals surface area (Å²) in [4.78, 5) is 19.0. The van der Waals surface area contributed by atoms with Crippen LogP contribution in [0.3, 0.4) is 0 Å². The summed E-state index contributed by atoms with van der Waals surface area (Å²) >= 11 is 0. The van der Waals surface area contributed by atoms with E-state index >= 15 is 0 Å². The smallest absolute Gasteiger partial charge is 0.233 e. The molecule has 0 N–H and O–H groups in total. The van der Waals surface area contributed by atoms with Gasteiger partial charge in [0.2, 0.25) is 5.91 Å². The Labute approximate surface area is 165 Å². The van der Waals surface area contributed by atoms with Gasteiger partial charge in [0.05, 0.1) is 19.1 Å². The standard InChI is InChI=1S/C24H22N2O2/c1-28-21-14-12-19(13-15-21)23-22(11-5-7-18-8-6-16-25-17-18)24(27)26(23)20-9-3-2-4-10-20/h2-10,12-17,22-23H,11H2,1H3/b7-5+/t22-,23-/m1/s1. The molecule has 1 saturated heterocycles. The minimum absolute atomic E-state index is 0.0133. The summed E-state index contributed by atoms with van der Waals surface area (Å²) < 4.78 is 5.28. The lowest BCUT2D eigenvalue weighted by Gasteiger charge is -2.47. The minimum Gasteiger partial charge on any atom is -0.497 e. The first-order chi connectivity index (χ1) is 13.8. The second kappa shape index (κ2) is 8.09. The molecule has 4 heteroatoms. The van der Waals surface area contributed by atoms with Crippen LogP contribution in [-0.4, -0.2) is 18.0 Å². The molecule has 2 heterocycles. The summed E-state index contributed by atoms with van der Waals surface area (Å²) in [5.74, 6) is 0.887. The lowest BCUT2D eigenvalue weighted by Crippen LogP contribution is -2.55. The molecule has 0 bridgehead atoms. The maximum absolute atomic E-state index is 13.0. The maximum Gasteiger partial charge on any atom is 0.233 e. The van der Waals surface area contributed by atoms with E-state index < -0.39 is 0 Å². The van der Waals surface area contributed by atoms with Crippen LogP contribution in [0.4, 0.5) is 5.69 Å². The van der Waals surface area contributed by atoms with E-state index in [1.165, 1.54) is 0 Å².